The molecule has 4 rings (SSSR count). The zero-order valence-corrected chi connectivity index (χ0v) is 16.1. The van der Waals surface area contributed by atoms with E-state index in [-0.39, 0.29) is 6.42 Å². The Hall–Kier alpha value is -3.07. The van der Waals surface area contributed by atoms with Crippen LogP contribution in [0.2, 0.25) is 0 Å². The van der Waals surface area contributed by atoms with Gasteiger partial charge in [-0.05, 0) is 58.7 Å². The maximum absolute atomic E-state index is 10.7. The summed E-state index contributed by atoms with van der Waals surface area (Å²) in [4.78, 5) is 10.7. The van der Waals surface area contributed by atoms with Crippen molar-refractivity contribution < 1.29 is 14.6 Å². The molecule has 3 aromatic rings. The highest BCUT2D eigenvalue weighted by Gasteiger charge is 2.24. The van der Waals surface area contributed by atoms with E-state index >= 15 is 0 Å². The second kappa shape index (κ2) is 7.89. The van der Waals surface area contributed by atoms with Gasteiger partial charge in [-0.3, -0.25) is 4.79 Å². The minimum Gasteiger partial charge on any atom is -0.493 e. The maximum Gasteiger partial charge on any atom is 0.303 e. The van der Waals surface area contributed by atoms with E-state index in [1.807, 2.05) is 18.2 Å². The Balaban J connectivity index is 1.73. The van der Waals surface area contributed by atoms with E-state index in [0.717, 1.165) is 24.2 Å². The molecule has 0 radical (unpaired) electrons. The fourth-order valence-corrected chi connectivity index (χ4v) is 4.09. The Kier molecular flexibility index (Phi) is 5.16. The van der Waals surface area contributed by atoms with Crippen molar-refractivity contribution in [2.75, 3.05) is 6.61 Å². The SMILES string of the molecule is CCc1ccc(-c2ccccc2OCCCC(=O)O)c2c1-c1ccccc1C2. The second-order valence-corrected chi connectivity index (χ2v) is 7.16. The summed E-state index contributed by atoms with van der Waals surface area (Å²) in [5.41, 5.74) is 9.11. The molecule has 0 atom stereocenters. The number of carbonyl (C=O) groups is 1. The van der Waals surface area contributed by atoms with E-state index in [1.54, 1.807) is 0 Å². The highest BCUT2D eigenvalue weighted by atomic mass is 16.5. The number of rotatable bonds is 7. The van der Waals surface area contributed by atoms with Crippen LogP contribution < -0.4 is 4.74 Å². The van der Waals surface area contributed by atoms with E-state index in [4.69, 9.17) is 9.84 Å². The first-order valence-corrected chi connectivity index (χ1v) is 9.86. The summed E-state index contributed by atoms with van der Waals surface area (Å²) in [6.07, 6.45) is 2.56. The normalized spacial score (nSPS) is 11.8. The van der Waals surface area contributed by atoms with Gasteiger partial charge in [0.05, 0.1) is 6.61 Å². The summed E-state index contributed by atoms with van der Waals surface area (Å²) in [7, 11) is 0. The van der Waals surface area contributed by atoms with Crippen molar-refractivity contribution in [3.63, 3.8) is 0 Å². The number of fused-ring (bicyclic) bond motifs is 3. The van der Waals surface area contributed by atoms with E-state index < -0.39 is 5.97 Å². The van der Waals surface area contributed by atoms with E-state index in [0.29, 0.717) is 13.0 Å². The lowest BCUT2D eigenvalue weighted by atomic mass is 9.91. The summed E-state index contributed by atoms with van der Waals surface area (Å²) in [6, 6.07) is 21.2. The molecule has 1 aliphatic carbocycles. The number of carboxylic acids is 1. The molecule has 1 N–H and O–H groups in total. The predicted octanol–water partition coefficient (Wildman–Crippen LogP) is 5.73. The van der Waals surface area contributed by atoms with Crippen LogP contribution in [-0.4, -0.2) is 17.7 Å². The van der Waals surface area contributed by atoms with Crippen LogP contribution in [-0.2, 0) is 17.6 Å². The molecule has 0 aromatic heterocycles. The van der Waals surface area contributed by atoms with Crippen LogP contribution in [0.15, 0.2) is 60.7 Å². The van der Waals surface area contributed by atoms with Gasteiger partial charge in [-0.2, -0.15) is 0 Å². The zero-order chi connectivity index (χ0) is 19.5. The van der Waals surface area contributed by atoms with Gasteiger partial charge in [0.2, 0.25) is 0 Å². The third-order valence-corrected chi connectivity index (χ3v) is 5.40. The molecule has 0 heterocycles. The van der Waals surface area contributed by atoms with E-state index in [1.165, 1.54) is 33.4 Å². The number of aryl methyl sites for hydroxylation is 1. The van der Waals surface area contributed by atoms with Gasteiger partial charge < -0.3 is 9.84 Å². The predicted molar refractivity (Wildman–Crippen MR) is 112 cm³/mol. The maximum atomic E-state index is 10.7. The average molecular weight is 372 g/mol. The third-order valence-electron chi connectivity index (χ3n) is 5.40. The third kappa shape index (κ3) is 3.40. The summed E-state index contributed by atoms with van der Waals surface area (Å²) in [5.74, 6) is 0.0258. The van der Waals surface area contributed by atoms with Crippen LogP contribution in [0.4, 0.5) is 0 Å². The van der Waals surface area contributed by atoms with E-state index in [2.05, 4.69) is 49.4 Å². The van der Waals surface area contributed by atoms with E-state index in [9.17, 15) is 4.79 Å². The Morgan fingerprint density at radius 3 is 2.50 bits per heavy atom. The first kappa shape index (κ1) is 18.3. The zero-order valence-electron chi connectivity index (χ0n) is 16.1. The van der Waals surface area contributed by atoms with Gasteiger partial charge in [0.1, 0.15) is 5.75 Å². The van der Waals surface area contributed by atoms with Crippen LogP contribution in [0.1, 0.15) is 36.5 Å². The molecule has 3 heteroatoms. The quantitative estimate of drug-likeness (QED) is 0.421. The average Bonchev–Trinajstić information content (AvgIpc) is 3.10. The number of para-hydroxylation sites is 1. The van der Waals surface area contributed by atoms with Crippen LogP contribution >= 0.6 is 0 Å². The van der Waals surface area contributed by atoms with Gasteiger partial charge in [-0.15, -0.1) is 0 Å². The monoisotopic (exact) mass is 372 g/mol. The van der Waals surface area contributed by atoms with Gasteiger partial charge in [0.15, 0.2) is 0 Å². The Morgan fingerprint density at radius 2 is 1.71 bits per heavy atom. The number of ether oxygens (including phenoxy) is 1. The van der Waals surface area contributed by atoms with Crippen molar-refractivity contribution in [1.82, 2.24) is 0 Å². The highest BCUT2D eigenvalue weighted by Crippen LogP contribution is 2.45. The van der Waals surface area contributed by atoms with Crippen LogP contribution in [0.5, 0.6) is 5.75 Å². The molecule has 142 valence electrons. The molecule has 0 spiro atoms. The standard InChI is InChI=1S/C25H24O3/c1-2-17-13-14-20(22-16-18-8-3-4-9-19(18)25(17)22)21-10-5-6-11-23(21)28-15-7-12-24(26)27/h3-6,8-11,13-14H,2,7,12,15-16H2,1H3,(H,26,27). The lowest BCUT2D eigenvalue weighted by Crippen LogP contribution is -2.03. The summed E-state index contributed by atoms with van der Waals surface area (Å²) < 4.78 is 5.97. The Morgan fingerprint density at radius 1 is 0.964 bits per heavy atom. The molecular formula is C25H24O3. The molecule has 0 unspecified atom stereocenters. The van der Waals surface area contributed by atoms with Gasteiger partial charge in [0.25, 0.3) is 0 Å². The van der Waals surface area contributed by atoms with Crippen molar-refractivity contribution in [2.45, 2.75) is 32.6 Å². The fourth-order valence-electron chi connectivity index (χ4n) is 4.09. The minimum atomic E-state index is -0.789. The Labute approximate surface area is 165 Å². The molecule has 28 heavy (non-hydrogen) atoms. The number of hydrogen-bond donors (Lipinski definition) is 1. The van der Waals surface area contributed by atoms with Crippen LogP contribution in [0.25, 0.3) is 22.3 Å². The number of hydrogen-bond acceptors (Lipinski definition) is 2. The highest BCUT2D eigenvalue weighted by molar-refractivity contribution is 5.88. The van der Waals surface area contributed by atoms with Crippen molar-refractivity contribution >= 4 is 5.97 Å². The Bertz CT molecular complexity index is 1020. The molecule has 0 saturated carbocycles. The van der Waals surface area contributed by atoms with Crippen LogP contribution in [0, 0.1) is 0 Å². The molecular weight excluding hydrogens is 348 g/mol. The van der Waals surface area contributed by atoms with Gasteiger partial charge in [-0.25, -0.2) is 0 Å². The van der Waals surface area contributed by atoms with Crippen molar-refractivity contribution in [1.29, 1.82) is 0 Å². The fraction of sp³-hybridized carbons (Fsp3) is 0.240. The number of aliphatic carboxylic acids is 1. The molecule has 0 amide bonds. The van der Waals surface area contributed by atoms with Crippen molar-refractivity contribution in [2.24, 2.45) is 0 Å². The van der Waals surface area contributed by atoms with Crippen molar-refractivity contribution in [3.8, 4) is 28.0 Å². The molecule has 0 saturated heterocycles. The molecule has 1 aliphatic rings. The second-order valence-electron chi connectivity index (χ2n) is 7.16. The molecule has 3 aromatic carbocycles. The molecule has 0 aliphatic heterocycles. The number of carboxylic acid groups (broad SMARTS) is 1. The molecule has 0 bridgehead atoms. The largest absolute Gasteiger partial charge is 0.493 e. The molecule has 3 nitrogen and oxygen atoms in total. The van der Waals surface area contributed by atoms with Crippen LogP contribution in [0.3, 0.4) is 0 Å². The van der Waals surface area contributed by atoms with Gasteiger partial charge >= 0.3 is 5.97 Å². The first-order chi connectivity index (χ1) is 13.7. The topological polar surface area (TPSA) is 46.5 Å². The summed E-state index contributed by atoms with van der Waals surface area (Å²) >= 11 is 0. The first-order valence-electron chi connectivity index (χ1n) is 9.86. The summed E-state index contributed by atoms with van der Waals surface area (Å²) in [6.45, 7) is 2.61. The summed E-state index contributed by atoms with van der Waals surface area (Å²) in [5, 5.41) is 8.83. The minimum absolute atomic E-state index is 0.123. The lowest BCUT2D eigenvalue weighted by Gasteiger charge is -2.16. The number of benzene rings is 3. The lowest BCUT2D eigenvalue weighted by molar-refractivity contribution is -0.137. The van der Waals surface area contributed by atoms with Gasteiger partial charge in [-0.1, -0.05) is 61.5 Å². The molecule has 0 fully saturated rings. The van der Waals surface area contributed by atoms with Gasteiger partial charge in [0, 0.05) is 12.0 Å². The smallest absolute Gasteiger partial charge is 0.303 e. The van der Waals surface area contributed by atoms with Crippen molar-refractivity contribution in [3.05, 3.63) is 77.4 Å².